The Morgan fingerprint density at radius 1 is 1.06 bits per heavy atom. The molecule has 1 aromatic carbocycles. The van der Waals surface area contributed by atoms with Gasteiger partial charge in [0, 0.05) is 29.6 Å². The number of likely N-dealkylation sites (tertiary alicyclic amines) is 1. The molecule has 0 radical (unpaired) electrons. The molecule has 4 rings (SSSR count). The molecule has 1 N–H and O–H groups in total. The topological polar surface area (TPSA) is 44.8 Å². The van der Waals surface area contributed by atoms with Gasteiger partial charge in [-0.15, -0.1) is 0 Å². The molecule has 2 aliphatic heterocycles. The van der Waals surface area contributed by atoms with Crippen LogP contribution in [0.2, 0.25) is 0 Å². The third-order valence-corrected chi connectivity index (χ3v) is 8.49. The van der Waals surface area contributed by atoms with E-state index in [4.69, 9.17) is 4.74 Å². The van der Waals surface area contributed by atoms with Gasteiger partial charge < -0.3 is 19.9 Å². The minimum absolute atomic E-state index is 0.186. The smallest absolute Gasteiger partial charge is 0.317 e. The predicted octanol–water partition coefficient (Wildman–Crippen LogP) is 6.00. The number of ether oxygens (including phenoxy) is 1. The van der Waals surface area contributed by atoms with Gasteiger partial charge >= 0.3 is 6.03 Å². The van der Waals surface area contributed by atoms with Crippen LogP contribution in [-0.4, -0.2) is 60.2 Å². The lowest BCUT2D eigenvalue weighted by atomic mass is 9.90. The minimum Gasteiger partial charge on any atom is -0.491 e. The van der Waals surface area contributed by atoms with Crippen LogP contribution in [0.15, 0.2) is 22.7 Å². The summed E-state index contributed by atoms with van der Waals surface area (Å²) >= 11 is 3.73. The third kappa shape index (κ3) is 7.11. The van der Waals surface area contributed by atoms with Gasteiger partial charge in [0.1, 0.15) is 5.75 Å². The highest BCUT2D eigenvalue weighted by Gasteiger charge is 2.31. The maximum absolute atomic E-state index is 12.7. The lowest BCUT2D eigenvalue weighted by molar-refractivity contribution is 0.124. The normalized spacial score (nSPS) is 23.7. The highest BCUT2D eigenvalue weighted by Crippen LogP contribution is 2.30. The Balaban J connectivity index is 1.17. The first-order valence-corrected chi connectivity index (χ1v) is 14.0. The van der Waals surface area contributed by atoms with E-state index in [1.165, 1.54) is 68.1 Å². The summed E-state index contributed by atoms with van der Waals surface area (Å²) in [6.45, 7) is 8.52. The van der Waals surface area contributed by atoms with Crippen LogP contribution < -0.4 is 10.1 Å². The molecule has 184 valence electrons. The molecule has 1 unspecified atom stereocenters. The summed E-state index contributed by atoms with van der Waals surface area (Å²) in [5.41, 5.74) is 1.36. The second-order valence-corrected chi connectivity index (χ2v) is 11.5. The number of halogens is 1. The molecule has 1 atom stereocenters. The number of nitrogens with one attached hydrogen (secondary N) is 1. The highest BCUT2D eigenvalue weighted by molar-refractivity contribution is 9.10. The van der Waals surface area contributed by atoms with Gasteiger partial charge in [0.25, 0.3) is 0 Å². The van der Waals surface area contributed by atoms with Gasteiger partial charge in [-0.1, -0.05) is 35.2 Å². The fourth-order valence-electron chi connectivity index (χ4n) is 5.80. The molecule has 3 aliphatic rings. The van der Waals surface area contributed by atoms with Crippen molar-refractivity contribution in [3.8, 4) is 5.75 Å². The minimum atomic E-state index is 0.186. The van der Waals surface area contributed by atoms with Crippen molar-refractivity contribution in [3.05, 3.63) is 28.2 Å². The number of carbonyl (C=O) groups excluding carboxylic acids is 1. The highest BCUT2D eigenvalue weighted by atomic mass is 79.9. The lowest BCUT2D eigenvalue weighted by Gasteiger charge is -2.40. The standard InChI is InChI=1S/C27H42BrN3O2/c1-20(2)33-25-8-9-26(28)22(19-25)18-21-10-14-30(15-11-21)16-12-23-13-17-31(27(32)29-23)24-6-4-3-5-7-24/h8-9,19-21,23-24H,3-7,10-18H2,1-2H3,(H,29,32). The van der Waals surface area contributed by atoms with Crippen LogP contribution in [0.25, 0.3) is 0 Å². The van der Waals surface area contributed by atoms with Crippen LogP contribution in [0.1, 0.15) is 77.2 Å². The Labute approximate surface area is 208 Å². The van der Waals surface area contributed by atoms with Crippen molar-refractivity contribution in [2.24, 2.45) is 5.92 Å². The van der Waals surface area contributed by atoms with Gasteiger partial charge in [-0.25, -0.2) is 4.79 Å². The summed E-state index contributed by atoms with van der Waals surface area (Å²) < 4.78 is 7.08. The molecule has 3 fully saturated rings. The number of urea groups is 1. The SMILES string of the molecule is CC(C)Oc1ccc(Br)c(CC2CCN(CCC3CCN(C4CCCCC4)C(=O)N3)CC2)c1. The average molecular weight is 521 g/mol. The number of hydrogen-bond acceptors (Lipinski definition) is 3. The molecule has 0 bridgehead atoms. The third-order valence-electron chi connectivity index (χ3n) is 7.72. The second kappa shape index (κ2) is 11.9. The molecule has 1 saturated carbocycles. The first-order chi connectivity index (χ1) is 16.0. The molecule has 2 heterocycles. The Bertz CT molecular complexity index is 773. The van der Waals surface area contributed by atoms with Crippen molar-refractivity contribution in [1.82, 2.24) is 15.1 Å². The van der Waals surface area contributed by atoms with E-state index >= 15 is 0 Å². The molecular formula is C27H42BrN3O2. The van der Waals surface area contributed by atoms with Gasteiger partial charge in [0.2, 0.25) is 0 Å². The average Bonchev–Trinajstić information content (AvgIpc) is 2.81. The monoisotopic (exact) mass is 519 g/mol. The molecular weight excluding hydrogens is 478 g/mol. The Morgan fingerprint density at radius 3 is 2.52 bits per heavy atom. The van der Waals surface area contributed by atoms with Crippen LogP contribution >= 0.6 is 15.9 Å². The summed E-state index contributed by atoms with van der Waals surface area (Å²) in [6, 6.07) is 7.39. The van der Waals surface area contributed by atoms with Crippen LogP contribution in [0.4, 0.5) is 4.79 Å². The van der Waals surface area contributed by atoms with E-state index in [0.717, 1.165) is 44.0 Å². The molecule has 0 aromatic heterocycles. The fourth-order valence-corrected chi connectivity index (χ4v) is 6.21. The predicted molar refractivity (Wildman–Crippen MR) is 138 cm³/mol. The summed E-state index contributed by atoms with van der Waals surface area (Å²) in [5, 5.41) is 3.31. The molecule has 0 spiro atoms. The van der Waals surface area contributed by atoms with Crippen molar-refractivity contribution in [1.29, 1.82) is 0 Å². The van der Waals surface area contributed by atoms with E-state index in [9.17, 15) is 4.79 Å². The van der Waals surface area contributed by atoms with Crippen molar-refractivity contribution < 1.29 is 9.53 Å². The fraction of sp³-hybridized carbons (Fsp3) is 0.741. The number of piperidine rings is 1. The second-order valence-electron chi connectivity index (χ2n) is 10.6. The van der Waals surface area contributed by atoms with Crippen molar-refractivity contribution in [2.45, 2.75) is 96.2 Å². The molecule has 1 aromatic rings. The number of amides is 2. The first-order valence-electron chi connectivity index (χ1n) is 13.2. The number of hydrogen-bond donors (Lipinski definition) is 1. The van der Waals surface area contributed by atoms with Gasteiger partial charge in [-0.3, -0.25) is 0 Å². The molecule has 5 nitrogen and oxygen atoms in total. The van der Waals surface area contributed by atoms with E-state index < -0.39 is 0 Å². The lowest BCUT2D eigenvalue weighted by Crippen LogP contribution is -2.56. The maximum atomic E-state index is 12.7. The molecule has 1 aliphatic carbocycles. The van der Waals surface area contributed by atoms with Gasteiger partial charge in [-0.2, -0.15) is 0 Å². The quantitative estimate of drug-likeness (QED) is 0.458. The molecule has 33 heavy (non-hydrogen) atoms. The number of nitrogens with zero attached hydrogens (tertiary/aromatic N) is 2. The zero-order valence-electron chi connectivity index (χ0n) is 20.5. The zero-order chi connectivity index (χ0) is 23.2. The van der Waals surface area contributed by atoms with Crippen molar-refractivity contribution in [3.63, 3.8) is 0 Å². The summed E-state index contributed by atoms with van der Waals surface area (Å²) in [6.07, 6.45) is 12.3. The van der Waals surface area contributed by atoms with Crippen molar-refractivity contribution >= 4 is 22.0 Å². The molecule has 2 amide bonds. The van der Waals surface area contributed by atoms with Crippen LogP contribution in [0, 0.1) is 5.92 Å². The van der Waals surface area contributed by atoms with E-state index in [0.29, 0.717) is 12.1 Å². The van der Waals surface area contributed by atoms with Crippen molar-refractivity contribution in [2.75, 3.05) is 26.2 Å². The van der Waals surface area contributed by atoms with Crippen LogP contribution in [-0.2, 0) is 6.42 Å². The van der Waals surface area contributed by atoms with E-state index in [1.54, 1.807) is 0 Å². The molecule has 6 heteroatoms. The van der Waals surface area contributed by atoms with Crippen LogP contribution in [0.5, 0.6) is 5.75 Å². The van der Waals surface area contributed by atoms with E-state index in [-0.39, 0.29) is 12.1 Å². The summed E-state index contributed by atoms with van der Waals surface area (Å²) in [7, 11) is 0. The van der Waals surface area contributed by atoms with E-state index in [1.807, 2.05) is 0 Å². The van der Waals surface area contributed by atoms with E-state index in [2.05, 4.69) is 63.1 Å². The molecule has 2 saturated heterocycles. The van der Waals surface area contributed by atoms with Gasteiger partial charge in [-0.05, 0) is 102 Å². The number of carbonyl (C=O) groups is 1. The number of rotatable bonds is 8. The summed E-state index contributed by atoms with van der Waals surface area (Å²) in [5.74, 6) is 1.70. The zero-order valence-corrected chi connectivity index (χ0v) is 22.1. The first kappa shape index (κ1) is 24.8. The Morgan fingerprint density at radius 2 is 1.82 bits per heavy atom. The Kier molecular flexibility index (Phi) is 8.98. The van der Waals surface area contributed by atoms with Crippen LogP contribution in [0.3, 0.4) is 0 Å². The maximum Gasteiger partial charge on any atom is 0.317 e. The van der Waals surface area contributed by atoms with Gasteiger partial charge in [0.05, 0.1) is 6.10 Å². The summed E-state index contributed by atoms with van der Waals surface area (Å²) in [4.78, 5) is 17.4. The van der Waals surface area contributed by atoms with Gasteiger partial charge in [0.15, 0.2) is 0 Å². The Hall–Kier alpha value is -1.27. The number of benzene rings is 1. The largest absolute Gasteiger partial charge is 0.491 e.